The van der Waals surface area contributed by atoms with Gasteiger partial charge in [0, 0.05) is 27.3 Å². The number of fused-ring (bicyclic) bond motifs is 6. The quantitative estimate of drug-likeness (QED) is 0.140. The minimum Gasteiger partial charge on any atom is -0.309 e. The molecule has 0 saturated heterocycles. The van der Waals surface area contributed by atoms with Crippen LogP contribution in [0.2, 0.25) is 0 Å². The Kier molecular flexibility index (Phi) is 6.35. The molecular formula is C41H25N5S2. The van der Waals surface area contributed by atoms with E-state index in [1.54, 1.807) is 0 Å². The van der Waals surface area contributed by atoms with Crippen molar-refractivity contribution in [1.29, 1.82) is 0 Å². The highest BCUT2D eigenvalue weighted by atomic mass is 32.1. The Labute approximate surface area is 288 Å². The van der Waals surface area contributed by atoms with Gasteiger partial charge in [0.05, 0.1) is 38.8 Å². The van der Waals surface area contributed by atoms with E-state index < -0.39 is 0 Å². The van der Waals surface area contributed by atoms with Gasteiger partial charge in [-0.3, -0.25) is 0 Å². The van der Waals surface area contributed by atoms with Crippen LogP contribution in [0.3, 0.4) is 0 Å². The van der Waals surface area contributed by atoms with E-state index in [1.165, 1.54) is 33.3 Å². The number of isothiocyanates is 2. The molecule has 0 radical (unpaired) electrons. The number of aliphatic imine (C=N–C) groups is 2. The van der Waals surface area contributed by atoms with Gasteiger partial charge in [0.1, 0.15) is 0 Å². The minimum absolute atomic E-state index is 0.126. The molecule has 0 amide bonds. The van der Waals surface area contributed by atoms with Crippen molar-refractivity contribution in [2.45, 2.75) is 19.3 Å². The number of hydrogen-bond donors (Lipinski definition) is 0. The molecular weight excluding hydrogens is 627 g/mol. The fraction of sp³-hybridized carbons (Fsp3) is 0.0732. The first kappa shape index (κ1) is 28.5. The van der Waals surface area contributed by atoms with E-state index in [9.17, 15) is 0 Å². The zero-order valence-electron chi connectivity index (χ0n) is 26.0. The largest absolute Gasteiger partial charge is 0.309 e. The monoisotopic (exact) mass is 651 g/mol. The van der Waals surface area contributed by atoms with Crippen molar-refractivity contribution in [3.8, 4) is 33.6 Å². The zero-order chi connectivity index (χ0) is 32.6. The van der Waals surface area contributed by atoms with Gasteiger partial charge >= 0.3 is 0 Å². The first-order valence-corrected chi connectivity index (χ1v) is 16.5. The van der Waals surface area contributed by atoms with Gasteiger partial charge < -0.3 is 4.90 Å². The fourth-order valence-corrected chi connectivity index (χ4v) is 7.88. The third-order valence-corrected chi connectivity index (χ3v) is 9.96. The number of nitrogens with zero attached hydrogens (tertiary/aromatic N) is 5. The highest BCUT2D eigenvalue weighted by Gasteiger charge is 2.37. The van der Waals surface area contributed by atoms with Crippen molar-refractivity contribution >= 4 is 85.0 Å². The maximum Gasteiger partial charge on any atom is 0.209 e. The van der Waals surface area contributed by atoms with Crippen molar-refractivity contribution < 1.29 is 0 Å². The minimum atomic E-state index is -0.126. The van der Waals surface area contributed by atoms with Gasteiger partial charge in [-0.15, -0.1) is 0 Å². The molecule has 0 spiro atoms. The summed E-state index contributed by atoms with van der Waals surface area (Å²) in [4.78, 5) is 20.3. The van der Waals surface area contributed by atoms with Crippen molar-refractivity contribution in [3.05, 3.63) is 126 Å². The van der Waals surface area contributed by atoms with Crippen LogP contribution in [-0.4, -0.2) is 20.3 Å². The summed E-state index contributed by atoms with van der Waals surface area (Å²) in [6.45, 7) is 4.64. The van der Waals surface area contributed by atoms with E-state index in [2.05, 4.69) is 154 Å². The molecule has 0 atom stereocenters. The summed E-state index contributed by atoms with van der Waals surface area (Å²) < 4.78 is 0. The second kappa shape index (κ2) is 10.7. The fourth-order valence-electron chi connectivity index (χ4n) is 7.71. The van der Waals surface area contributed by atoms with Gasteiger partial charge in [0.15, 0.2) is 0 Å². The van der Waals surface area contributed by atoms with Gasteiger partial charge in [-0.05, 0) is 75.7 Å². The van der Waals surface area contributed by atoms with Crippen molar-refractivity contribution in [3.63, 3.8) is 0 Å². The summed E-state index contributed by atoms with van der Waals surface area (Å²) in [6, 6.07) is 41.5. The third-order valence-electron chi connectivity index (χ3n) is 9.78. The van der Waals surface area contributed by atoms with Gasteiger partial charge in [0.2, 0.25) is 11.6 Å². The molecule has 1 aliphatic heterocycles. The zero-order valence-corrected chi connectivity index (χ0v) is 27.7. The summed E-state index contributed by atoms with van der Waals surface area (Å²) in [7, 11) is 0. The molecule has 9 rings (SSSR count). The Morgan fingerprint density at radius 1 is 0.521 bits per heavy atom. The van der Waals surface area contributed by atoms with Crippen LogP contribution in [0.4, 0.5) is 28.7 Å². The lowest BCUT2D eigenvalue weighted by Gasteiger charge is -2.42. The molecule has 2 aliphatic rings. The van der Waals surface area contributed by atoms with Crippen LogP contribution >= 0.6 is 24.4 Å². The maximum atomic E-state index is 4.87. The second-order valence-electron chi connectivity index (χ2n) is 12.5. The molecule has 226 valence electrons. The molecule has 1 aliphatic carbocycles. The topological polar surface area (TPSA) is 53.7 Å². The Hall–Kier alpha value is -5.68. The normalized spacial score (nSPS) is 13.3. The van der Waals surface area contributed by atoms with Gasteiger partial charge in [-0.25, -0.2) is 9.97 Å². The third kappa shape index (κ3) is 3.97. The van der Waals surface area contributed by atoms with Crippen molar-refractivity contribution in [2.24, 2.45) is 9.98 Å². The molecule has 0 bridgehead atoms. The Morgan fingerprint density at radius 3 is 1.67 bits per heavy atom. The summed E-state index contributed by atoms with van der Waals surface area (Å²) in [5.74, 6) is 0.550. The predicted octanol–water partition coefficient (Wildman–Crippen LogP) is 11.7. The average molecular weight is 652 g/mol. The predicted molar refractivity (Wildman–Crippen MR) is 203 cm³/mol. The highest BCUT2D eigenvalue weighted by Crippen LogP contribution is 2.54. The molecule has 7 heteroatoms. The lowest BCUT2D eigenvalue weighted by molar-refractivity contribution is 0.632. The first-order valence-electron chi connectivity index (χ1n) is 15.7. The second-order valence-corrected chi connectivity index (χ2v) is 12.9. The molecule has 2 heterocycles. The lowest BCUT2D eigenvalue weighted by Crippen LogP contribution is -2.30. The Morgan fingerprint density at radius 2 is 1.02 bits per heavy atom. The first-order chi connectivity index (χ1) is 23.5. The van der Waals surface area contributed by atoms with E-state index in [4.69, 9.17) is 34.4 Å². The maximum absolute atomic E-state index is 4.87. The molecule has 1 aromatic heterocycles. The van der Waals surface area contributed by atoms with E-state index >= 15 is 0 Å². The number of aromatic nitrogens is 2. The molecule has 0 N–H and O–H groups in total. The number of benzene rings is 6. The lowest BCUT2D eigenvalue weighted by atomic mass is 9.73. The number of rotatable bonds is 4. The van der Waals surface area contributed by atoms with Crippen LogP contribution < -0.4 is 4.90 Å². The molecule has 0 saturated carbocycles. The van der Waals surface area contributed by atoms with Crippen LogP contribution in [0.5, 0.6) is 0 Å². The van der Waals surface area contributed by atoms with E-state index in [1.807, 2.05) is 0 Å². The van der Waals surface area contributed by atoms with Gasteiger partial charge in [-0.1, -0.05) is 111 Å². The van der Waals surface area contributed by atoms with E-state index in [-0.39, 0.29) is 17.1 Å². The van der Waals surface area contributed by atoms with Crippen LogP contribution in [0.15, 0.2) is 125 Å². The van der Waals surface area contributed by atoms with Crippen LogP contribution in [0, 0.1) is 0 Å². The number of hydrogen-bond acceptors (Lipinski definition) is 7. The summed E-state index contributed by atoms with van der Waals surface area (Å²) in [5, 5.41) is 9.36. The number of anilines is 3. The average Bonchev–Trinajstić information content (AvgIpc) is 3.43. The van der Waals surface area contributed by atoms with Crippen LogP contribution in [0.1, 0.15) is 25.0 Å². The summed E-state index contributed by atoms with van der Waals surface area (Å²) in [5.41, 5.74) is 11.8. The highest BCUT2D eigenvalue weighted by molar-refractivity contribution is 7.78. The number of para-hydroxylation sites is 2. The smallest absolute Gasteiger partial charge is 0.209 e. The summed E-state index contributed by atoms with van der Waals surface area (Å²) >= 11 is 9.75. The Balaban J connectivity index is 1.27. The van der Waals surface area contributed by atoms with E-state index in [0.29, 0.717) is 0 Å². The molecule has 7 aromatic rings. The summed E-state index contributed by atoms with van der Waals surface area (Å²) in [6.07, 6.45) is 0. The standard InChI is InChI=1S/C41H25N5S2/c1-41(2)31-14-5-7-16-34(31)46(35-17-8-6-15-32(35)41)33-21-20-25(24-10-3-4-11-27(24)33)26-18-19-30-36-28(26)12-9-13-29(36)37-38(30)45-40(43-23-48)39(44-37)42-22-47/h3-21H,1-2H3. The van der Waals surface area contributed by atoms with Crippen molar-refractivity contribution in [2.75, 3.05) is 4.90 Å². The number of thiocarbonyl (C=S) groups is 2. The van der Waals surface area contributed by atoms with Gasteiger partial charge in [0.25, 0.3) is 0 Å². The molecule has 0 fully saturated rings. The van der Waals surface area contributed by atoms with E-state index in [0.717, 1.165) is 50.1 Å². The molecule has 48 heavy (non-hydrogen) atoms. The molecule has 6 aromatic carbocycles. The molecule has 0 unspecified atom stereocenters. The Bertz CT molecular complexity index is 2530. The van der Waals surface area contributed by atoms with Crippen LogP contribution in [0.25, 0.3) is 55.2 Å². The van der Waals surface area contributed by atoms with Crippen molar-refractivity contribution in [1.82, 2.24) is 9.97 Å². The van der Waals surface area contributed by atoms with Gasteiger partial charge in [-0.2, -0.15) is 9.98 Å². The molecule has 5 nitrogen and oxygen atoms in total. The SMILES string of the molecule is CC1(C)c2ccccc2N(c2ccc(-c3ccc4c5c(cccc35)-c3nc(N=C=S)c(N=C=S)nc3-4)c3ccccc23)c2ccccc21. The van der Waals surface area contributed by atoms with Crippen LogP contribution in [-0.2, 0) is 5.41 Å².